The molecule has 64 valence electrons. The van der Waals surface area contributed by atoms with Crippen molar-refractivity contribution in [3.8, 4) is 0 Å². The fourth-order valence-electron chi connectivity index (χ4n) is 1.33. The Morgan fingerprint density at radius 3 is 2.91 bits per heavy atom. The summed E-state index contributed by atoms with van der Waals surface area (Å²) >= 11 is 0. The van der Waals surface area contributed by atoms with Gasteiger partial charge in [0, 0.05) is 13.0 Å². The van der Waals surface area contributed by atoms with Gasteiger partial charge in [-0.1, -0.05) is 12.1 Å². The van der Waals surface area contributed by atoms with Crippen molar-refractivity contribution in [2.24, 2.45) is 5.16 Å². The molecule has 11 heavy (non-hydrogen) atoms. The van der Waals surface area contributed by atoms with Gasteiger partial charge in [0.15, 0.2) is 5.60 Å². The van der Waals surface area contributed by atoms with Crippen LogP contribution in [0.1, 0.15) is 26.7 Å². The molecule has 0 saturated carbocycles. The number of hydrogen-bond acceptors (Lipinski definition) is 3. The number of hydrogen-bond donors (Lipinski definition) is 1. The predicted octanol–water partition coefficient (Wildman–Crippen LogP) is 1.15. The lowest BCUT2D eigenvalue weighted by molar-refractivity contribution is -0.000964. The first-order valence-corrected chi connectivity index (χ1v) is 4.09. The minimum atomic E-state index is -0.0971. The highest BCUT2D eigenvalue weighted by molar-refractivity contribution is 5.85. The van der Waals surface area contributed by atoms with E-state index in [1.54, 1.807) is 0 Å². The summed E-state index contributed by atoms with van der Waals surface area (Å²) in [6.07, 6.45) is 1.96. The molecular weight excluding hydrogens is 140 g/mol. The molecule has 0 aromatic rings. The zero-order chi connectivity index (χ0) is 8.32. The van der Waals surface area contributed by atoms with Crippen LogP contribution < -0.4 is 5.32 Å². The summed E-state index contributed by atoms with van der Waals surface area (Å²) in [6.45, 7) is 5.04. The molecule has 3 heteroatoms. The second-order valence-electron chi connectivity index (χ2n) is 3.26. The molecule has 1 atom stereocenters. The Morgan fingerprint density at radius 2 is 2.45 bits per heavy atom. The number of nitrogens with one attached hydrogen (secondary N) is 1. The topological polar surface area (TPSA) is 33.6 Å². The second kappa shape index (κ2) is 3.22. The van der Waals surface area contributed by atoms with Gasteiger partial charge < -0.3 is 10.2 Å². The summed E-state index contributed by atoms with van der Waals surface area (Å²) in [6, 6.07) is 0. The van der Waals surface area contributed by atoms with Crippen molar-refractivity contribution in [1.29, 1.82) is 0 Å². The van der Waals surface area contributed by atoms with Gasteiger partial charge in [-0.25, -0.2) is 0 Å². The molecule has 1 aliphatic heterocycles. The van der Waals surface area contributed by atoms with Crippen molar-refractivity contribution in [2.75, 3.05) is 13.6 Å². The van der Waals surface area contributed by atoms with Gasteiger partial charge in [0.05, 0.1) is 5.71 Å². The van der Waals surface area contributed by atoms with Gasteiger partial charge in [-0.05, 0) is 20.4 Å². The van der Waals surface area contributed by atoms with E-state index in [1.807, 2.05) is 7.05 Å². The monoisotopic (exact) mass is 156 g/mol. The van der Waals surface area contributed by atoms with E-state index < -0.39 is 0 Å². The molecule has 0 aliphatic carbocycles. The van der Waals surface area contributed by atoms with Gasteiger partial charge in [-0.2, -0.15) is 0 Å². The van der Waals surface area contributed by atoms with Crippen LogP contribution in [0.3, 0.4) is 0 Å². The smallest absolute Gasteiger partial charge is 0.152 e. The minimum Gasteiger partial charge on any atom is -0.388 e. The SMILES string of the molecule is CCC1=NO[C@](C)(CNC)C1. The average molecular weight is 156 g/mol. The fourth-order valence-corrected chi connectivity index (χ4v) is 1.33. The largest absolute Gasteiger partial charge is 0.388 e. The first-order valence-electron chi connectivity index (χ1n) is 4.09. The molecule has 0 fully saturated rings. The summed E-state index contributed by atoms with van der Waals surface area (Å²) in [5, 5.41) is 7.10. The van der Waals surface area contributed by atoms with E-state index in [9.17, 15) is 0 Å². The molecule has 0 unspecified atom stereocenters. The zero-order valence-electron chi connectivity index (χ0n) is 7.48. The van der Waals surface area contributed by atoms with E-state index in [2.05, 4.69) is 24.3 Å². The van der Waals surface area contributed by atoms with Gasteiger partial charge in [-0.15, -0.1) is 0 Å². The van der Waals surface area contributed by atoms with Crippen molar-refractivity contribution in [2.45, 2.75) is 32.3 Å². The van der Waals surface area contributed by atoms with Crippen LogP contribution in [0.25, 0.3) is 0 Å². The third-order valence-corrected chi connectivity index (χ3v) is 1.93. The summed E-state index contributed by atoms with van der Waals surface area (Å²) in [5.41, 5.74) is 1.07. The second-order valence-corrected chi connectivity index (χ2v) is 3.26. The highest BCUT2D eigenvalue weighted by Gasteiger charge is 2.32. The summed E-state index contributed by atoms with van der Waals surface area (Å²) < 4.78 is 0. The third kappa shape index (κ3) is 1.93. The highest BCUT2D eigenvalue weighted by atomic mass is 16.7. The maximum Gasteiger partial charge on any atom is 0.152 e. The third-order valence-electron chi connectivity index (χ3n) is 1.93. The molecule has 0 aromatic heterocycles. The lowest BCUT2D eigenvalue weighted by atomic mass is 9.99. The summed E-state index contributed by atoms with van der Waals surface area (Å²) in [4.78, 5) is 5.31. The molecule has 3 nitrogen and oxygen atoms in total. The van der Waals surface area contributed by atoms with Gasteiger partial charge >= 0.3 is 0 Å². The van der Waals surface area contributed by atoms with E-state index >= 15 is 0 Å². The van der Waals surface area contributed by atoms with E-state index in [0.29, 0.717) is 0 Å². The van der Waals surface area contributed by atoms with E-state index in [-0.39, 0.29) is 5.60 Å². The Morgan fingerprint density at radius 1 is 1.73 bits per heavy atom. The molecule has 0 bridgehead atoms. The average Bonchev–Trinajstić information content (AvgIpc) is 2.33. The van der Waals surface area contributed by atoms with Gasteiger partial charge in [0.1, 0.15) is 0 Å². The molecule has 0 radical (unpaired) electrons. The van der Waals surface area contributed by atoms with Crippen LogP contribution in [-0.2, 0) is 4.84 Å². The molecule has 0 saturated heterocycles. The molecule has 1 heterocycles. The quantitative estimate of drug-likeness (QED) is 0.665. The molecule has 0 aromatic carbocycles. The van der Waals surface area contributed by atoms with Crippen LogP contribution in [0, 0.1) is 0 Å². The van der Waals surface area contributed by atoms with Crippen LogP contribution in [0.4, 0.5) is 0 Å². The Hall–Kier alpha value is -0.570. The van der Waals surface area contributed by atoms with Crippen molar-refractivity contribution < 1.29 is 4.84 Å². The normalized spacial score (nSPS) is 29.9. The summed E-state index contributed by atoms with van der Waals surface area (Å²) in [7, 11) is 1.93. The van der Waals surface area contributed by atoms with Crippen LogP contribution in [0.15, 0.2) is 5.16 Å². The van der Waals surface area contributed by atoms with E-state index in [4.69, 9.17) is 4.84 Å². The van der Waals surface area contributed by atoms with Crippen molar-refractivity contribution >= 4 is 5.71 Å². The first kappa shape index (κ1) is 8.53. The van der Waals surface area contributed by atoms with Crippen LogP contribution in [-0.4, -0.2) is 24.9 Å². The Balaban J connectivity index is 2.43. The molecule has 0 amide bonds. The standard InChI is InChI=1S/C8H16N2O/c1-4-7-5-8(2,6-9-3)11-10-7/h9H,4-6H2,1-3H3/t8-/m0/s1. The number of likely N-dealkylation sites (N-methyl/N-ethyl adjacent to an activating group) is 1. The van der Waals surface area contributed by atoms with Crippen molar-refractivity contribution in [3.63, 3.8) is 0 Å². The Kier molecular flexibility index (Phi) is 2.49. The fraction of sp³-hybridized carbons (Fsp3) is 0.875. The van der Waals surface area contributed by atoms with Gasteiger partial charge in [0.2, 0.25) is 0 Å². The lowest BCUT2D eigenvalue weighted by Crippen LogP contribution is -2.36. The molecule has 1 rings (SSSR count). The number of oxime groups is 1. The first-order chi connectivity index (χ1) is 5.20. The van der Waals surface area contributed by atoms with Crippen molar-refractivity contribution in [1.82, 2.24) is 5.32 Å². The molecule has 1 N–H and O–H groups in total. The van der Waals surface area contributed by atoms with Crippen molar-refractivity contribution in [3.05, 3.63) is 0 Å². The van der Waals surface area contributed by atoms with Crippen LogP contribution in [0.2, 0.25) is 0 Å². The molecule has 0 spiro atoms. The van der Waals surface area contributed by atoms with Crippen LogP contribution >= 0.6 is 0 Å². The maximum absolute atomic E-state index is 5.31. The highest BCUT2D eigenvalue weighted by Crippen LogP contribution is 2.23. The minimum absolute atomic E-state index is 0.0971. The maximum atomic E-state index is 5.31. The van der Waals surface area contributed by atoms with E-state index in [0.717, 1.165) is 19.4 Å². The molecular formula is C8H16N2O. The molecule has 1 aliphatic rings. The van der Waals surface area contributed by atoms with E-state index in [1.165, 1.54) is 5.71 Å². The number of rotatable bonds is 3. The Labute approximate surface area is 67.8 Å². The number of nitrogens with zero attached hydrogens (tertiary/aromatic N) is 1. The Bertz CT molecular complexity index is 167. The summed E-state index contributed by atoms with van der Waals surface area (Å²) in [5.74, 6) is 0. The lowest BCUT2D eigenvalue weighted by Gasteiger charge is -2.20. The predicted molar refractivity (Wildman–Crippen MR) is 45.8 cm³/mol. The van der Waals surface area contributed by atoms with Crippen LogP contribution in [0.5, 0.6) is 0 Å². The van der Waals surface area contributed by atoms with Gasteiger partial charge in [0.25, 0.3) is 0 Å². The van der Waals surface area contributed by atoms with Gasteiger partial charge in [-0.3, -0.25) is 0 Å². The zero-order valence-corrected chi connectivity index (χ0v) is 7.48.